The van der Waals surface area contributed by atoms with Crippen molar-refractivity contribution in [1.82, 2.24) is 0 Å². The van der Waals surface area contributed by atoms with Gasteiger partial charge in [-0.25, -0.2) is 0 Å². The Balaban J connectivity index is 2.20. The number of hydrogen-bond donors (Lipinski definition) is 2. The number of nitrogens with two attached hydrogens (primary N) is 2. The van der Waals surface area contributed by atoms with Crippen LogP contribution in [0, 0.1) is 5.92 Å². The van der Waals surface area contributed by atoms with Crippen molar-refractivity contribution in [1.29, 1.82) is 0 Å². The quantitative estimate of drug-likeness (QED) is 0.763. The summed E-state index contributed by atoms with van der Waals surface area (Å²) in [5.41, 5.74) is 12.7. The Bertz CT molecular complexity index is 422. The largest absolute Gasteiger partial charge is 0.397 e. The minimum absolute atomic E-state index is 0.0848. The smallest absolute Gasteiger partial charge is 0.222 e. The number of anilines is 2. The zero-order valence-corrected chi connectivity index (χ0v) is 9.57. The van der Waals surface area contributed by atoms with Crippen molar-refractivity contribution in [3.8, 4) is 0 Å². The summed E-state index contributed by atoms with van der Waals surface area (Å²) in [5, 5.41) is 0.645. The van der Waals surface area contributed by atoms with Gasteiger partial charge in [-0.05, 0) is 24.6 Å². The zero-order valence-electron chi connectivity index (χ0n) is 8.82. The zero-order chi connectivity index (χ0) is 11.7. The molecule has 16 heavy (non-hydrogen) atoms. The number of carbonyl (C=O) groups excluding carboxylic acids is 1. The summed E-state index contributed by atoms with van der Waals surface area (Å²) < 4.78 is 0. The molecule has 0 saturated carbocycles. The Hall–Kier alpha value is -1.42. The summed E-state index contributed by atoms with van der Waals surface area (Å²) in [7, 11) is 0. The molecule has 0 bridgehead atoms. The molecule has 86 valence electrons. The van der Waals surface area contributed by atoms with Crippen LogP contribution in [-0.2, 0) is 4.79 Å². The van der Waals surface area contributed by atoms with Crippen LogP contribution in [0.4, 0.5) is 11.4 Å². The highest BCUT2D eigenvalue weighted by molar-refractivity contribution is 6.31. The number of halogens is 1. The average molecular weight is 240 g/mol. The van der Waals surface area contributed by atoms with Crippen LogP contribution in [0.2, 0.25) is 5.02 Å². The summed E-state index contributed by atoms with van der Waals surface area (Å²) in [6.07, 6.45) is 0.779. The van der Waals surface area contributed by atoms with Crippen molar-refractivity contribution >= 4 is 28.9 Å². The van der Waals surface area contributed by atoms with Gasteiger partial charge in [-0.3, -0.25) is 4.79 Å². The van der Waals surface area contributed by atoms with Crippen molar-refractivity contribution in [3.05, 3.63) is 23.2 Å². The van der Waals surface area contributed by atoms with Crippen molar-refractivity contribution in [2.45, 2.75) is 6.42 Å². The first-order chi connectivity index (χ1) is 7.58. The van der Waals surface area contributed by atoms with E-state index in [2.05, 4.69) is 4.90 Å². The van der Waals surface area contributed by atoms with Crippen LogP contribution in [0.1, 0.15) is 6.42 Å². The summed E-state index contributed by atoms with van der Waals surface area (Å²) >= 11 is 5.92. The van der Waals surface area contributed by atoms with E-state index in [9.17, 15) is 4.79 Å². The molecule has 1 atom stereocenters. The fourth-order valence-corrected chi connectivity index (χ4v) is 2.17. The Morgan fingerprint density at radius 2 is 2.25 bits per heavy atom. The number of rotatable bonds is 2. The van der Waals surface area contributed by atoms with Crippen LogP contribution in [0.25, 0.3) is 0 Å². The molecule has 1 fully saturated rings. The van der Waals surface area contributed by atoms with E-state index in [-0.39, 0.29) is 11.8 Å². The van der Waals surface area contributed by atoms with Gasteiger partial charge in [-0.2, -0.15) is 0 Å². The van der Waals surface area contributed by atoms with E-state index in [0.717, 1.165) is 18.7 Å². The molecule has 1 aromatic rings. The van der Waals surface area contributed by atoms with Crippen molar-refractivity contribution < 1.29 is 4.79 Å². The van der Waals surface area contributed by atoms with Crippen LogP contribution in [0.5, 0.6) is 0 Å². The molecule has 0 radical (unpaired) electrons. The highest BCUT2D eigenvalue weighted by Gasteiger charge is 2.27. The molecule has 1 aliphatic rings. The van der Waals surface area contributed by atoms with Crippen molar-refractivity contribution in [2.24, 2.45) is 11.7 Å². The van der Waals surface area contributed by atoms with E-state index >= 15 is 0 Å². The predicted molar refractivity (Wildman–Crippen MR) is 65.4 cm³/mol. The molecule has 1 heterocycles. The predicted octanol–water partition coefficient (Wildman–Crippen LogP) is 1.23. The highest BCUT2D eigenvalue weighted by Crippen LogP contribution is 2.31. The lowest BCUT2D eigenvalue weighted by Gasteiger charge is -2.20. The van der Waals surface area contributed by atoms with Gasteiger partial charge in [0.1, 0.15) is 0 Å². The molecule has 4 nitrogen and oxygen atoms in total. The number of amides is 1. The molecule has 4 N–H and O–H groups in total. The van der Waals surface area contributed by atoms with Gasteiger partial charge in [0.05, 0.1) is 17.3 Å². The number of benzene rings is 1. The average Bonchev–Trinajstić information content (AvgIpc) is 2.70. The number of nitrogen functional groups attached to an aromatic ring is 1. The topological polar surface area (TPSA) is 72.4 Å². The summed E-state index contributed by atoms with van der Waals surface area (Å²) in [6.45, 7) is 1.41. The molecular formula is C11H14ClN3O. The number of carbonyl (C=O) groups is 1. The second-order valence-corrected chi connectivity index (χ2v) is 4.47. The molecule has 0 spiro atoms. The molecule has 1 aromatic carbocycles. The first-order valence-corrected chi connectivity index (χ1v) is 5.55. The van der Waals surface area contributed by atoms with Gasteiger partial charge in [-0.15, -0.1) is 0 Å². The van der Waals surface area contributed by atoms with E-state index in [0.29, 0.717) is 17.3 Å². The molecule has 1 unspecified atom stereocenters. The summed E-state index contributed by atoms with van der Waals surface area (Å²) in [6, 6.07) is 5.34. The maximum Gasteiger partial charge on any atom is 0.222 e. The molecular weight excluding hydrogens is 226 g/mol. The van der Waals surface area contributed by atoms with E-state index in [1.807, 2.05) is 6.07 Å². The Morgan fingerprint density at radius 1 is 1.50 bits per heavy atom. The number of primary amides is 1. The molecule has 1 aliphatic heterocycles. The van der Waals surface area contributed by atoms with E-state index in [1.54, 1.807) is 12.1 Å². The summed E-state index contributed by atoms with van der Waals surface area (Å²) in [4.78, 5) is 13.1. The maximum atomic E-state index is 11.1. The molecule has 1 saturated heterocycles. The number of nitrogens with zero attached hydrogens (tertiary/aromatic N) is 1. The van der Waals surface area contributed by atoms with E-state index in [1.165, 1.54) is 0 Å². The van der Waals surface area contributed by atoms with Crippen LogP contribution in [-0.4, -0.2) is 19.0 Å². The van der Waals surface area contributed by atoms with Gasteiger partial charge < -0.3 is 16.4 Å². The van der Waals surface area contributed by atoms with E-state index in [4.69, 9.17) is 23.1 Å². The lowest BCUT2D eigenvalue weighted by atomic mass is 10.1. The van der Waals surface area contributed by atoms with E-state index < -0.39 is 0 Å². The van der Waals surface area contributed by atoms with Crippen LogP contribution < -0.4 is 16.4 Å². The third kappa shape index (κ3) is 2.07. The Kier molecular flexibility index (Phi) is 2.92. The van der Waals surface area contributed by atoms with Gasteiger partial charge >= 0.3 is 0 Å². The standard InChI is InChI=1S/C11H14ClN3O/c12-8-1-2-9(13)10(5-8)15-4-3-7(6-15)11(14)16/h1-2,5,7H,3-4,6,13H2,(H2,14,16). The van der Waals surface area contributed by atoms with Crippen LogP contribution in [0.3, 0.4) is 0 Å². The van der Waals surface area contributed by atoms with Gasteiger partial charge in [0.15, 0.2) is 0 Å². The fraction of sp³-hybridized carbons (Fsp3) is 0.364. The molecule has 0 aromatic heterocycles. The Labute approximate surface area is 99.2 Å². The highest BCUT2D eigenvalue weighted by atomic mass is 35.5. The second kappa shape index (κ2) is 4.22. The first kappa shape index (κ1) is 11.1. The van der Waals surface area contributed by atoms with Crippen molar-refractivity contribution in [2.75, 3.05) is 23.7 Å². The third-order valence-corrected chi connectivity index (χ3v) is 3.16. The lowest BCUT2D eigenvalue weighted by Crippen LogP contribution is -2.27. The fourth-order valence-electron chi connectivity index (χ4n) is 2.00. The SMILES string of the molecule is NC(=O)C1CCN(c2cc(Cl)ccc2N)C1. The third-order valence-electron chi connectivity index (χ3n) is 2.92. The van der Waals surface area contributed by atoms with Crippen molar-refractivity contribution in [3.63, 3.8) is 0 Å². The lowest BCUT2D eigenvalue weighted by molar-refractivity contribution is -0.121. The number of hydrogen-bond acceptors (Lipinski definition) is 3. The van der Waals surface area contributed by atoms with Gasteiger partial charge in [0, 0.05) is 18.1 Å². The first-order valence-electron chi connectivity index (χ1n) is 5.17. The van der Waals surface area contributed by atoms with Gasteiger partial charge in [-0.1, -0.05) is 11.6 Å². The monoisotopic (exact) mass is 239 g/mol. The summed E-state index contributed by atoms with van der Waals surface area (Å²) in [5.74, 6) is -0.332. The van der Waals surface area contributed by atoms with Gasteiger partial charge in [0.25, 0.3) is 0 Å². The van der Waals surface area contributed by atoms with Crippen LogP contribution >= 0.6 is 11.6 Å². The normalized spacial score (nSPS) is 20.1. The molecule has 5 heteroatoms. The minimum atomic E-state index is -0.247. The minimum Gasteiger partial charge on any atom is -0.397 e. The molecule has 2 rings (SSSR count). The van der Waals surface area contributed by atoms with Gasteiger partial charge in [0.2, 0.25) is 5.91 Å². The molecule has 0 aliphatic carbocycles. The van der Waals surface area contributed by atoms with Crippen LogP contribution in [0.15, 0.2) is 18.2 Å². The second-order valence-electron chi connectivity index (χ2n) is 4.04. The molecule has 1 amide bonds. The Morgan fingerprint density at radius 3 is 2.88 bits per heavy atom. The maximum absolute atomic E-state index is 11.1.